The molecular formula is C7H13AsF2+. The quantitative estimate of drug-likeness (QED) is 0.483. The number of unbranched alkanes of at least 4 members (excludes halogenated alkanes) is 3. The van der Waals surface area contributed by atoms with Crippen molar-refractivity contribution in [2.24, 2.45) is 0 Å². The van der Waals surface area contributed by atoms with Crippen LogP contribution in [0.4, 0.5) is 8.78 Å². The second-order valence-electron chi connectivity index (χ2n) is 2.48. The summed E-state index contributed by atoms with van der Waals surface area (Å²) in [5.41, 5.74) is 0. The summed E-state index contributed by atoms with van der Waals surface area (Å²) in [6.07, 6.45) is 3.78. The van der Waals surface area contributed by atoms with E-state index in [0.29, 0.717) is 6.42 Å². The molecular weight excluding hydrogens is 197 g/mol. The standard InChI is InChI=1S/C7H13AsF2/c1-2-3-4-5-6-7(8,9)10/h2-6H2,1H3/q+1. The third-order valence-corrected chi connectivity index (χ3v) is 1.80. The van der Waals surface area contributed by atoms with Gasteiger partial charge >= 0.3 is 69.4 Å². The zero-order valence-corrected chi connectivity index (χ0v) is 8.12. The maximum absolute atomic E-state index is 12.1. The van der Waals surface area contributed by atoms with Gasteiger partial charge in [-0.25, -0.2) is 0 Å². The molecule has 0 saturated carbocycles. The zero-order valence-electron chi connectivity index (χ0n) is 6.24. The molecule has 0 aliphatic heterocycles. The minimum absolute atomic E-state index is 0.0208. The van der Waals surface area contributed by atoms with Crippen molar-refractivity contribution >= 4 is 16.9 Å². The van der Waals surface area contributed by atoms with Crippen molar-refractivity contribution in [2.45, 2.75) is 43.7 Å². The first-order valence-electron chi connectivity index (χ1n) is 3.66. The van der Waals surface area contributed by atoms with Crippen molar-refractivity contribution in [3.63, 3.8) is 0 Å². The summed E-state index contributed by atoms with van der Waals surface area (Å²) in [6.45, 7) is 2.07. The van der Waals surface area contributed by atoms with Crippen LogP contribution in [0, 0.1) is 0 Å². The fraction of sp³-hybridized carbons (Fsp3) is 1.00. The van der Waals surface area contributed by atoms with Crippen molar-refractivity contribution in [1.82, 2.24) is 0 Å². The van der Waals surface area contributed by atoms with E-state index in [2.05, 4.69) is 6.92 Å². The Hall–Kier alpha value is 0.418. The van der Waals surface area contributed by atoms with E-state index in [0.717, 1.165) is 19.3 Å². The molecule has 0 bridgehead atoms. The molecule has 0 aromatic carbocycles. The third-order valence-electron chi connectivity index (χ3n) is 1.33. The number of halogens is 2. The van der Waals surface area contributed by atoms with E-state index in [-0.39, 0.29) is 6.42 Å². The van der Waals surface area contributed by atoms with Crippen LogP contribution in [0.1, 0.15) is 39.0 Å². The van der Waals surface area contributed by atoms with Crippen LogP contribution in [0.2, 0.25) is 0 Å². The van der Waals surface area contributed by atoms with Gasteiger partial charge < -0.3 is 0 Å². The van der Waals surface area contributed by atoms with Crippen LogP contribution in [0.25, 0.3) is 0 Å². The van der Waals surface area contributed by atoms with Gasteiger partial charge in [0.2, 0.25) is 0 Å². The molecule has 0 amide bonds. The van der Waals surface area contributed by atoms with Crippen LogP contribution in [0.3, 0.4) is 0 Å². The fourth-order valence-electron chi connectivity index (χ4n) is 0.764. The van der Waals surface area contributed by atoms with Gasteiger partial charge in [-0.2, -0.15) is 0 Å². The Labute approximate surface area is 69.9 Å². The number of alkyl halides is 2. The molecule has 0 atom stereocenters. The molecule has 3 radical (unpaired) electrons. The summed E-state index contributed by atoms with van der Waals surface area (Å²) in [6, 6.07) is 0. The first-order chi connectivity index (χ1) is 4.56. The molecule has 0 unspecified atom stereocenters. The van der Waals surface area contributed by atoms with Crippen molar-refractivity contribution in [3.8, 4) is 0 Å². The summed E-state index contributed by atoms with van der Waals surface area (Å²) in [4.78, 5) is 0. The van der Waals surface area contributed by atoms with E-state index in [9.17, 15) is 8.78 Å². The van der Waals surface area contributed by atoms with Crippen molar-refractivity contribution in [1.29, 1.82) is 0 Å². The molecule has 0 aromatic rings. The average Bonchev–Trinajstić information content (AvgIpc) is 1.78. The Balaban J connectivity index is 3.04. The molecule has 0 N–H and O–H groups in total. The molecule has 0 aliphatic carbocycles. The number of rotatable bonds is 5. The zero-order chi connectivity index (χ0) is 8.04. The predicted molar refractivity (Wildman–Crippen MR) is 39.5 cm³/mol. The van der Waals surface area contributed by atoms with Crippen molar-refractivity contribution in [3.05, 3.63) is 0 Å². The van der Waals surface area contributed by atoms with Crippen LogP contribution < -0.4 is 0 Å². The normalized spacial score (nSPS) is 12.0. The second kappa shape index (κ2) is 5.12. The van der Waals surface area contributed by atoms with E-state index in [1.165, 1.54) is 16.9 Å². The van der Waals surface area contributed by atoms with E-state index < -0.39 is 4.71 Å². The third kappa shape index (κ3) is 8.42. The monoisotopic (exact) mass is 210 g/mol. The van der Waals surface area contributed by atoms with Crippen LogP contribution in [-0.2, 0) is 0 Å². The summed E-state index contributed by atoms with van der Waals surface area (Å²) >= 11 is 1.42. The molecule has 10 heavy (non-hydrogen) atoms. The van der Waals surface area contributed by atoms with Gasteiger partial charge in [-0.3, -0.25) is 0 Å². The first kappa shape index (κ1) is 10.4. The van der Waals surface area contributed by atoms with Gasteiger partial charge in [0, 0.05) is 0 Å². The Morgan fingerprint density at radius 3 is 2.20 bits per heavy atom. The van der Waals surface area contributed by atoms with E-state index >= 15 is 0 Å². The Morgan fingerprint density at radius 1 is 1.20 bits per heavy atom. The molecule has 59 valence electrons. The maximum atomic E-state index is 12.1. The molecule has 0 aliphatic rings. The van der Waals surface area contributed by atoms with Crippen molar-refractivity contribution < 1.29 is 8.78 Å². The number of hydrogen-bond acceptors (Lipinski definition) is 0. The van der Waals surface area contributed by atoms with Gasteiger partial charge in [0.05, 0.1) is 0 Å². The van der Waals surface area contributed by atoms with Gasteiger partial charge in [-0.1, -0.05) is 0 Å². The molecule has 0 fully saturated rings. The Bertz CT molecular complexity index is 78.2. The Kier molecular flexibility index (Phi) is 5.33. The minimum atomic E-state index is -2.51. The summed E-state index contributed by atoms with van der Waals surface area (Å²) < 4.78 is 21.7. The molecule has 0 saturated heterocycles. The molecule has 3 heteroatoms. The summed E-state index contributed by atoms with van der Waals surface area (Å²) in [5, 5.41) is 0. The van der Waals surface area contributed by atoms with Gasteiger partial charge in [0.25, 0.3) is 0 Å². The molecule has 0 aromatic heterocycles. The van der Waals surface area contributed by atoms with Gasteiger partial charge in [-0.05, 0) is 0 Å². The first-order valence-corrected chi connectivity index (χ1v) is 4.60. The van der Waals surface area contributed by atoms with Gasteiger partial charge in [0.15, 0.2) is 0 Å². The van der Waals surface area contributed by atoms with Gasteiger partial charge in [-0.15, -0.1) is 0 Å². The van der Waals surface area contributed by atoms with Crippen LogP contribution in [-0.4, -0.2) is 21.6 Å². The summed E-state index contributed by atoms with van der Waals surface area (Å²) in [7, 11) is 0. The van der Waals surface area contributed by atoms with E-state index in [4.69, 9.17) is 0 Å². The Morgan fingerprint density at radius 2 is 1.80 bits per heavy atom. The van der Waals surface area contributed by atoms with Crippen molar-refractivity contribution in [2.75, 3.05) is 0 Å². The predicted octanol–water partition coefficient (Wildman–Crippen LogP) is 2.72. The average molecular weight is 210 g/mol. The fourth-order valence-corrected chi connectivity index (χ4v) is 1.10. The molecule has 0 nitrogen and oxygen atoms in total. The van der Waals surface area contributed by atoms with Crippen LogP contribution >= 0.6 is 0 Å². The van der Waals surface area contributed by atoms with Crippen LogP contribution in [0.15, 0.2) is 0 Å². The number of hydrogen-bond donors (Lipinski definition) is 0. The van der Waals surface area contributed by atoms with Gasteiger partial charge in [0.1, 0.15) is 0 Å². The molecule has 0 spiro atoms. The second-order valence-corrected chi connectivity index (χ2v) is 3.85. The van der Waals surface area contributed by atoms with Crippen LogP contribution in [0.5, 0.6) is 0 Å². The molecule has 0 rings (SSSR count). The molecule has 0 heterocycles. The van der Waals surface area contributed by atoms with E-state index in [1.54, 1.807) is 0 Å². The van der Waals surface area contributed by atoms with E-state index in [1.807, 2.05) is 0 Å². The summed E-state index contributed by atoms with van der Waals surface area (Å²) in [5.74, 6) is 0. The SMILES string of the molecule is CCCCCCC(F)(F)[As+]. The topological polar surface area (TPSA) is 0 Å².